The van der Waals surface area contributed by atoms with Crippen molar-refractivity contribution < 1.29 is 24.4 Å². The van der Waals surface area contributed by atoms with E-state index in [1.54, 1.807) is 12.1 Å². The fourth-order valence-electron chi connectivity index (χ4n) is 1.53. The largest absolute Gasteiger partial charge is 0.504 e. The van der Waals surface area contributed by atoms with Crippen LogP contribution in [0.4, 0.5) is 0 Å². The Hall–Kier alpha value is -1.30. The van der Waals surface area contributed by atoms with Gasteiger partial charge in [0.05, 0.1) is 20.3 Å². The summed E-state index contributed by atoms with van der Waals surface area (Å²) in [7, 11) is 1.48. The Bertz CT molecular complexity index is 357. The van der Waals surface area contributed by atoms with Gasteiger partial charge in [-0.25, -0.2) is 0 Å². The van der Waals surface area contributed by atoms with Crippen molar-refractivity contribution >= 4 is 0 Å². The first-order valence-electron chi connectivity index (χ1n) is 4.99. The Morgan fingerprint density at radius 1 is 1.31 bits per heavy atom. The summed E-state index contributed by atoms with van der Waals surface area (Å²) in [5.74, 6) is 0.443. The summed E-state index contributed by atoms with van der Waals surface area (Å²) in [5.41, 5.74) is 0.751. The highest BCUT2D eigenvalue weighted by molar-refractivity contribution is 5.42. The minimum Gasteiger partial charge on any atom is -0.504 e. The van der Waals surface area contributed by atoms with Gasteiger partial charge in [0.2, 0.25) is 0 Å². The topological polar surface area (TPSA) is 68.2 Å². The van der Waals surface area contributed by atoms with Gasteiger partial charge in [-0.15, -0.1) is 0 Å². The van der Waals surface area contributed by atoms with Gasteiger partial charge < -0.3 is 24.4 Å². The Morgan fingerprint density at radius 2 is 2.00 bits per heavy atom. The molecule has 1 saturated heterocycles. The van der Waals surface area contributed by atoms with Gasteiger partial charge in [-0.05, 0) is 12.1 Å². The number of aromatic hydroxyl groups is 1. The number of hydrogen-bond donors (Lipinski definition) is 2. The predicted octanol–water partition coefficient (Wildman–Crippen LogP) is 0.807. The van der Waals surface area contributed by atoms with E-state index in [0.717, 1.165) is 5.56 Å². The number of benzene rings is 1. The predicted molar refractivity (Wildman–Crippen MR) is 55.3 cm³/mol. The Balaban J connectivity index is 2.14. The van der Waals surface area contributed by atoms with Crippen molar-refractivity contribution in [2.75, 3.05) is 20.3 Å². The van der Waals surface area contributed by atoms with Crippen molar-refractivity contribution in [3.63, 3.8) is 0 Å². The van der Waals surface area contributed by atoms with Crippen molar-refractivity contribution in [3.05, 3.63) is 23.8 Å². The molecule has 0 radical (unpaired) electrons. The molecule has 1 fully saturated rings. The lowest BCUT2D eigenvalue weighted by atomic mass is 10.2. The van der Waals surface area contributed by atoms with Crippen LogP contribution in [0.5, 0.6) is 11.5 Å². The summed E-state index contributed by atoms with van der Waals surface area (Å²) in [6.07, 6.45) is -1.09. The highest BCUT2D eigenvalue weighted by Crippen LogP contribution is 2.31. The van der Waals surface area contributed by atoms with Crippen LogP contribution < -0.4 is 4.74 Å². The molecule has 0 spiro atoms. The number of methoxy groups -OCH3 is 1. The summed E-state index contributed by atoms with van der Waals surface area (Å²) in [6, 6.07) is 4.86. The van der Waals surface area contributed by atoms with E-state index in [-0.39, 0.29) is 19.0 Å². The average molecular weight is 226 g/mol. The van der Waals surface area contributed by atoms with Gasteiger partial charge in [-0.3, -0.25) is 0 Å². The first-order chi connectivity index (χ1) is 7.70. The summed E-state index contributed by atoms with van der Waals surface area (Å²) >= 11 is 0. The highest BCUT2D eigenvalue weighted by Gasteiger charge is 2.22. The normalized spacial score (nSPS) is 25.4. The number of phenolic OH excluding ortho intramolecular Hbond substituents is 1. The van der Waals surface area contributed by atoms with Crippen molar-refractivity contribution in [3.8, 4) is 11.5 Å². The van der Waals surface area contributed by atoms with Crippen molar-refractivity contribution in [1.82, 2.24) is 0 Å². The molecule has 5 heteroatoms. The van der Waals surface area contributed by atoms with Gasteiger partial charge >= 0.3 is 0 Å². The molecule has 0 aliphatic carbocycles. The minimum absolute atomic E-state index is 0.0714. The lowest BCUT2D eigenvalue weighted by Gasteiger charge is -2.27. The highest BCUT2D eigenvalue weighted by atomic mass is 16.7. The number of aliphatic hydroxyl groups excluding tert-OH is 1. The quantitative estimate of drug-likeness (QED) is 0.781. The maximum absolute atomic E-state index is 9.43. The third-order valence-electron chi connectivity index (χ3n) is 2.36. The van der Waals surface area contributed by atoms with Gasteiger partial charge in [-0.2, -0.15) is 0 Å². The van der Waals surface area contributed by atoms with Crippen LogP contribution in [-0.4, -0.2) is 36.6 Å². The van der Waals surface area contributed by atoms with Crippen LogP contribution in [-0.2, 0) is 9.47 Å². The molecule has 0 atom stereocenters. The second-order valence-corrected chi connectivity index (χ2v) is 3.58. The molecular weight excluding hydrogens is 212 g/mol. The summed E-state index contributed by atoms with van der Waals surface area (Å²) in [4.78, 5) is 0. The minimum atomic E-state index is -0.574. The van der Waals surface area contributed by atoms with E-state index in [4.69, 9.17) is 14.2 Å². The van der Waals surface area contributed by atoms with Crippen LogP contribution >= 0.6 is 0 Å². The van der Waals surface area contributed by atoms with E-state index in [1.165, 1.54) is 13.2 Å². The average Bonchev–Trinajstić information content (AvgIpc) is 2.31. The van der Waals surface area contributed by atoms with Crippen LogP contribution in [0.15, 0.2) is 18.2 Å². The van der Waals surface area contributed by atoms with E-state index in [0.29, 0.717) is 5.75 Å². The maximum atomic E-state index is 9.43. The van der Waals surface area contributed by atoms with Crippen LogP contribution in [0.1, 0.15) is 11.9 Å². The van der Waals surface area contributed by atoms with Crippen LogP contribution in [0.3, 0.4) is 0 Å². The van der Waals surface area contributed by atoms with Gasteiger partial charge in [0.25, 0.3) is 0 Å². The number of phenols is 1. The van der Waals surface area contributed by atoms with Crippen molar-refractivity contribution in [2.24, 2.45) is 0 Å². The number of aliphatic hydroxyl groups is 1. The maximum Gasteiger partial charge on any atom is 0.184 e. The second-order valence-electron chi connectivity index (χ2n) is 3.58. The molecule has 16 heavy (non-hydrogen) atoms. The third-order valence-corrected chi connectivity index (χ3v) is 2.36. The van der Waals surface area contributed by atoms with Gasteiger partial charge in [-0.1, -0.05) is 6.07 Å². The molecule has 2 N–H and O–H groups in total. The SMILES string of the molecule is COc1cc(C2OCC(O)CO2)ccc1O. The van der Waals surface area contributed by atoms with Gasteiger partial charge in [0.1, 0.15) is 6.10 Å². The first-order valence-corrected chi connectivity index (χ1v) is 4.99. The Morgan fingerprint density at radius 3 is 2.62 bits per heavy atom. The molecule has 0 aromatic heterocycles. The Kier molecular flexibility index (Phi) is 3.28. The van der Waals surface area contributed by atoms with Crippen molar-refractivity contribution in [1.29, 1.82) is 0 Å². The Labute approximate surface area is 93.2 Å². The summed E-state index contributed by atoms with van der Waals surface area (Å²) in [5, 5.41) is 18.6. The lowest BCUT2D eigenvalue weighted by molar-refractivity contribution is -0.220. The number of rotatable bonds is 2. The van der Waals surface area contributed by atoms with E-state index < -0.39 is 12.4 Å². The van der Waals surface area contributed by atoms with Crippen LogP contribution in [0, 0.1) is 0 Å². The first kappa shape index (κ1) is 11.2. The molecule has 1 aromatic carbocycles. The molecule has 88 valence electrons. The summed E-state index contributed by atoms with van der Waals surface area (Å²) in [6.45, 7) is 0.488. The van der Waals surface area contributed by atoms with Gasteiger partial charge in [0.15, 0.2) is 17.8 Å². The smallest absolute Gasteiger partial charge is 0.184 e. The zero-order chi connectivity index (χ0) is 11.5. The number of hydrogen-bond acceptors (Lipinski definition) is 5. The molecule has 2 rings (SSSR count). The van der Waals surface area contributed by atoms with Gasteiger partial charge in [0, 0.05) is 5.56 Å². The molecule has 0 saturated carbocycles. The standard InChI is InChI=1S/C11H14O5/c1-14-10-4-7(2-3-9(10)13)11-15-5-8(12)6-16-11/h2-4,8,11-13H,5-6H2,1H3. The molecule has 0 amide bonds. The van der Waals surface area contributed by atoms with E-state index in [9.17, 15) is 10.2 Å². The zero-order valence-corrected chi connectivity index (χ0v) is 8.92. The van der Waals surface area contributed by atoms with Crippen molar-refractivity contribution in [2.45, 2.75) is 12.4 Å². The van der Waals surface area contributed by atoms with Crippen LogP contribution in [0.2, 0.25) is 0 Å². The van der Waals surface area contributed by atoms with E-state index >= 15 is 0 Å². The molecule has 5 nitrogen and oxygen atoms in total. The van der Waals surface area contributed by atoms with E-state index in [2.05, 4.69) is 0 Å². The fraction of sp³-hybridized carbons (Fsp3) is 0.455. The number of ether oxygens (including phenoxy) is 3. The van der Waals surface area contributed by atoms with E-state index in [1.807, 2.05) is 0 Å². The molecule has 0 bridgehead atoms. The molecule has 1 aliphatic rings. The molecule has 0 unspecified atom stereocenters. The monoisotopic (exact) mass is 226 g/mol. The second kappa shape index (κ2) is 4.69. The zero-order valence-electron chi connectivity index (χ0n) is 8.92. The molecular formula is C11H14O5. The lowest BCUT2D eigenvalue weighted by Crippen LogP contribution is -2.30. The summed E-state index contributed by atoms with van der Waals surface area (Å²) < 4.78 is 15.6. The molecule has 1 aliphatic heterocycles. The molecule has 1 aromatic rings. The van der Waals surface area contributed by atoms with Crippen LogP contribution in [0.25, 0.3) is 0 Å². The third kappa shape index (κ3) is 2.27. The fourth-order valence-corrected chi connectivity index (χ4v) is 1.53. The molecule has 1 heterocycles.